The van der Waals surface area contributed by atoms with Crippen molar-refractivity contribution in [2.24, 2.45) is 5.92 Å². The molecule has 0 spiro atoms. The van der Waals surface area contributed by atoms with Crippen LogP contribution in [-0.4, -0.2) is 37.1 Å². The summed E-state index contributed by atoms with van der Waals surface area (Å²) >= 11 is 0. The first-order chi connectivity index (χ1) is 17.8. The third-order valence-corrected chi connectivity index (χ3v) is 5.97. The standard InChI is InChI=1S/C30H31NO6/c1-5-36-25-11-7-9-21(17-25)28(32)26-27(20-8-6-10-24(16-20)35-4)31(30(34)29(26)33)22-12-14-23(15-13-22)37-18-19(2)3/h6-17,19,27,32H,5,18H2,1-4H3/b28-26-. The van der Waals surface area contributed by atoms with Crippen molar-refractivity contribution in [3.05, 3.63) is 89.5 Å². The van der Waals surface area contributed by atoms with Gasteiger partial charge in [-0.1, -0.05) is 38.1 Å². The number of benzene rings is 3. The molecule has 0 bridgehead atoms. The highest BCUT2D eigenvalue weighted by atomic mass is 16.5. The molecule has 1 saturated heterocycles. The summed E-state index contributed by atoms with van der Waals surface area (Å²) in [6, 6.07) is 20.1. The summed E-state index contributed by atoms with van der Waals surface area (Å²) < 4.78 is 16.7. The van der Waals surface area contributed by atoms with Crippen LogP contribution in [0.15, 0.2) is 78.4 Å². The van der Waals surface area contributed by atoms with Gasteiger partial charge in [-0.3, -0.25) is 14.5 Å². The fourth-order valence-corrected chi connectivity index (χ4v) is 4.25. The van der Waals surface area contributed by atoms with Gasteiger partial charge < -0.3 is 19.3 Å². The summed E-state index contributed by atoms with van der Waals surface area (Å²) in [4.78, 5) is 28.2. The van der Waals surface area contributed by atoms with E-state index in [1.807, 2.05) is 6.92 Å². The van der Waals surface area contributed by atoms with Crippen molar-refractivity contribution in [1.82, 2.24) is 0 Å². The van der Waals surface area contributed by atoms with Crippen molar-refractivity contribution in [1.29, 1.82) is 0 Å². The molecule has 4 rings (SSSR count). The number of rotatable bonds is 9. The molecular formula is C30H31NO6. The number of amides is 1. The number of hydrogen-bond acceptors (Lipinski definition) is 6. The lowest BCUT2D eigenvalue weighted by Crippen LogP contribution is -2.29. The minimum absolute atomic E-state index is 0.00737. The van der Waals surface area contributed by atoms with E-state index in [0.717, 1.165) is 0 Å². The van der Waals surface area contributed by atoms with Gasteiger partial charge in [-0.25, -0.2) is 0 Å². The third-order valence-electron chi connectivity index (χ3n) is 5.97. The molecule has 3 aromatic carbocycles. The van der Waals surface area contributed by atoms with Gasteiger partial charge in [0.05, 0.1) is 31.9 Å². The smallest absolute Gasteiger partial charge is 0.300 e. The van der Waals surface area contributed by atoms with Crippen molar-refractivity contribution >= 4 is 23.1 Å². The van der Waals surface area contributed by atoms with Gasteiger partial charge in [-0.15, -0.1) is 0 Å². The molecule has 192 valence electrons. The van der Waals surface area contributed by atoms with E-state index in [0.29, 0.717) is 53.2 Å². The fraction of sp³-hybridized carbons (Fsp3) is 0.267. The van der Waals surface area contributed by atoms with E-state index in [1.165, 1.54) is 4.90 Å². The van der Waals surface area contributed by atoms with Gasteiger partial charge in [0.1, 0.15) is 23.0 Å². The van der Waals surface area contributed by atoms with Gasteiger partial charge in [0, 0.05) is 11.3 Å². The van der Waals surface area contributed by atoms with Crippen molar-refractivity contribution in [3.8, 4) is 17.2 Å². The number of carbonyl (C=O) groups is 2. The molecular weight excluding hydrogens is 470 g/mol. The first-order valence-corrected chi connectivity index (χ1v) is 12.2. The Balaban J connectivity index is 1.83. The lowest BCUT2D eigenvalue weighted by Gasteiger charge is -2.26. The van der Waals surface area contributed by atoms with Crippen molar-refractivity contribution in [3.63, 3.8) is 0 Å². The minimum atomic E-state index is -0.867. The molecule has 3 aromatic rings. The minimum Gasteiger partial charge on any atom is -0.507 e. The van der Waals surface area contributed by atoms with E-state index in [9.17, 15) is 14.7 Å². The lowest BCUT2D eigenvalue weighted by molar-refractivity contribution is -0.132. The summed E-state index contributed by atoms with van der Waals surface area (Å²) in [5.41, 5.74) is 1.51. The molecule has 1 unspecified atom stereocenters. The SMILES string of the molecule is CCOc1cccc(/C(O)=C2/C(=O)C(=O)N(c3ccc(OCC(C)C)cc3)C2c2cccc(OC)c2)c1. The van der Waals surface area contributed by atoms with E-state index < -0.39 is 17.7 Å². The molecule has 0 saturated carbocycles. The molecule has 0 radical (unpaired) electrons. The van der Waals surface area contributed by atoms with E-state index in [1.54, 1.807) is 79.9 Å². The predicted molar refractivity (Wildman–Crippen MR) is 142 cm³/mol. The van der Waals surface area contributed by atoms with Gasteiger partial charge in [-0.05, 0) is 66.9 Å². The largest absolute Gasteiger partial charge is 0.507 e. The van der Waals surface area contributed by atoms with Crippen LogP contribution in [0.2, 0.25) is 0 Å². The van der Waals surface area contributed by atoms with Crippen LogP contribution in [0.5, 0.6) is 17.2 Å². The zero-order valence-corrected chi connectivity index (χ0v) is 21.4. The Kier molecular flexibility index (Phi) is 7.82. The van der Waals surface area contributed by atoms with E-state index in [2.05, 4.69) is 13.8 Å². The number of ketones is 1. The topological polar surface area (TPSA) is 85.3 Å². The summed E-state index contributed by atoms with van der Waals surface area (Å²) in [6.45, 7) is 7.00. The fourth-order valence-electron chi connectivity index (χ4n) is 4.25. The average molecular weight is 502 g/mol. The van der Waals surface area contributed by atoms with Crippen LogP contribution in [0.1, 0.15) is 37.9 Å². The highest BCUT2D eigenvalue weighted by Crippen LogP contribution is 2.43. The van der Waals surface area contributed by atoms with Gasteiger partial charge >= 0.3 is 0 Å². The van der Waals surface area contributed by atoms with Gasteiger partial charge in [0.25, 0.3) is 11.7 Å². The molecule has 0 aromatic heterocycles. The number of Topliss-reactive ketones (excluding diaryl/α,β-unsaturated/α-hetero) is 1. The van der Waals surface area contributed by atoms with Gasteiger partial charge in [-0.2, -0.15) is 0 Å². The molecule has 1 heterocycles. The van der Waals surface area contributed by atoms with Crippen LogP contribution in [0, 0.1) is 5.92 Å². The number of nitrogens with zero attached hydrogens (tertiary/aromatic N) is 1. The Labute approximate surface area is 216 Å². The molecule has 1 atom stereocenters. The molecule has 37 heavy (non-hydrogen) atoms. The van der Waals surface area contributed by atoms with Crippen LogP contribution >= 0.6 is 0 Å². The molecule has 0 aliphatic carbocycles. The van der Waals surface area contributed by atoms with E-state index in [4.69, 9.17) is 14.2 Å². The van der Waals surface area contributed by atoms with Crippen LogP contribution in [0.4, 0.5) is 5.69 Å². The Hall–Kier alpha value is -4.26. The zero-order chi connectivity index (χ0) is 26.5. The van der Waals surface area contributed by atoms with Crippen LogP contribution in [0.25, 0.3) is 5.76 Å². The second-order valence-electron chi connectivity index (χ2n) is 9.11. The summed E-state index contributed by atoms with van der Waals surface area (Å²) in [6.07, 6.45) is 0. The predicted octanol–water partition coefficient (Wildman–Crippen LogP) is 5.76. The average Bonchev–Trinajstić information content (AvgIpc) is 3.18. The Bertz CT molecular complexity index is 1310. The number of carbonyl (C=O) groups excluding carboxylic acids is 2. The Morgan fingerprint density at radius 3 is 2.30 bits per heavy atom. The van der Waals surface area contributed by atoms with Crippen LogP contribution in [0.3, 0.4) is 0 Å². The van der Waals surface area contributed by atoms with Gasteiger partial charge in [0.2, 0.25) is 0 Å². The first kappa shape index (κ1) is 25.8. The maximum atomic E-state index is 13.4. The molecule has 1 amide bonds. The van der Waals surface area contributed by atoms with Crippen molar-refractivity contribution < 1.29 is 28.9 Å². The summed E-state index contributed by atoms with van der Waals surface area (Å²) in [5, 5.41) is 11.4. The lowest BCUT2D eigenvalue weighted by atomic mass is 9.95. The third kappa shape index (κ3) is 5.45. The highest BCUT2D eigenvalue weighted by molar-refractivity contribution is 6.51. The number of methoxy groups -OCH3 is 1. The molecule has 7 heteroatoms. The normalized spacial score (nSPS) is 16.8. The highest BCUT2D eigenvalue weighted by Gasteiger charge is 2.47. The van der Waals surface area contributed by atoms with Crippen molar-refractivity contribution in [2.75, 3.05) is 25.2 Å². The van der Waals surface area contributed by atoms with Gasteiger partial charge in [0.15, 0.2) is 0 Å². The second kappa shape index (κ2) is 11.2. The number of aliphatic hydroxyl groups excluding tert-OH is 1. The molecule has 1 N–H and O–H groups in total. The van der Waals surface area contributed by atoms with Crippen molar-refractivity contribution in [2.45, 2.75) is 26.8 Å². The molecule has 1 aliphatic heterocycles. The molecule has 1 fully saturated rings. The molecule has 1 aliphatic rings. The number of hydrogen-bond donors (Lipinski definition) is 1. The zero-order valence-electron chi connectivity index (χ0n) is 21.4. The number of ether oxygens (including phenoxy) is 3. The summed E-state index contributed by atoms with van der Waals surface area (Å²) in [7, 11) is 1.55. The maximum absolute atomic E-state index is 13.4. The molecule has 7 nitrogen and oxygen atoms in total. The Morgan fingerprint density at radius 2 is 1.62 bits per heavy atom. The maximum Gasteiger partial charge on any atom is 0.300 e. The first-order valence-electron chi connectivity index (χ1n) is 12.2. The van der Waals surface area contributed by atoms with E-state index >= 15 is 0 Å². The number of aliphatic hydroxyl groups is 1. The Morgan fingerprint density at radius 1 is 0.919 bits per heavy atom. The number of anilines is 1. The second-order valence-corrected chi connectivity index (χ2v) is 9.11. The summed E-state index contributed by atoms with van der Waals surface area (Å²) in [5.74, 6) is 0.381. The van der Waals surface area contributed by atoms with Crippen LogP contribution in [-0.2, 0) is 9.59 Å². The van der Waals surface area contributed by atoms with E-state index in [-0.39, 0.29) is 11.3 Å². The quantitative estimate of drug-likeness (QED) is 0.228. The van der Waals surface area contributed by atoms with Crippen LogP contribution < -0.4 is 19.1 Å². The monoisotopic (exact) mass is 501 g/mol.